The second-order valence-electron chi connectivity index (χ2n) is 4.47. The summed E-state index contributed by atoms with van der Waals surface area (Å²) in [5, 5.41) is 12.2. The Morgan fingerprint density at radius 1 is 1.21 bits per heavy atom. The Morgan fingerprint density at radius 2 is 2.05 bits per heavy atom. The summed E-state index contributed by atoms with van der Waals surface area (Å²) in [7, 11) is 2.02. The molecule has 0 aliphatic heterocycles. The minimum absolute atomic E-state index is 0.0335. The van der Waals surface area contributed by atoms with Crippen molar-refractivity contribution < 1.29 is 9.84 Å². The molecule has 1 heterocycles. The summed E-state index contributed by atoms with van der Waals surface area (Å²) in [4.78, 5) is 0. The van der Waals surface area contributed by atoms with E-state index in [4.69, 9.17) is 9.84 Å². The summed E-state index contributed by atoms with van der Waals surface area (Å²) in [6, 6.07) is 9.99. The monoisotopic (exact) mass is 260 g/mol. The summed E-state index contributed by atoms with van der Waals surface area (Å²) < 4.78 is 7.54. The number of hydrogen-bond acceptors (Lipinski definition) is 3. The Kier molecular flexibility index (Phi) is 5.01. The lowest BCUT2D eigenvalue weighted by molar-refractivity contribution is 0.200. The maximum absolute atomic E-state index is 8.80. The first kappa shape index (κ1) is 13.6. The molecule has 0 amide bonds. The molecule has 102 valence electrons. The molecule has 1 aromatic heterocycles. The highest BCUT2D eigenvalue weighted by Gasteiger charge is 2.02. The minimum atomic E-state index is 0.0335. The van der Waals surface area contributed by atoms with Gasteiger partial charge in [-0.15, -0.1) is 0 Å². The number of aromatic nitrogens is 1. The molecule has 0 bridgehead atoms. The van der Waals surface area contributed by atoms with Crippen LogP contribution in [0.3, 0.4) is 0 Å². The lowest BCUT2D eigenvalue weighted by Crippen LogP contribution is -2.14. The van der Waals surface area contributed by atoms with Gasteiger partial charge in [-0.25, -0.2) is 0 Å². The maximum Gasteiger partial charge on any atom is 0.123 e. The quantitative estimate of drug-likeness (QED) is 0.796. The molecule has 0 spiro atoms. The van der Waals surface area contributed by atoms with Gasteiger partial charge in [0.2, 0.25) is 0 Å². The summed E-state index contributed by atoms with van der Waals surface area (Å²) in [5.74, 6) is 0.831. The zero-order valence-corrected chi connectivity index (χ0v) is 11.2. The molecule has 0 saturated carbocycles. The van der Waals surface area contributed by atoms with Gasteiger partial charge in [0.25, 0.3) is 0 Å². The number of aryl methyl sites for hydroxylation is 1. The van der Waals surface area contributed by atoms with Crippen LogP contribution in [-0.2, 0) is 20.1 Å². The average molecular weight is 260 g/mol. The van der Waals surface area contributed by atoms with Crippen molar-refractivity contribution in [3.63, 3.8) is 0 Å². The molecule has 1 aromatic carbocycles. The van der Waals surface area contributed by atoms with Gasteiger partial charge in [-0.05, 0) is 17.7 Å². The van der Waals surface area contributed by atoms with Crippen LogP contribution < -0.4 is 10.1 Å². The molecule has 0 radical (unpaired) electrons. The first-order chi connectivity index (χ1) is 9.29. The van der Waals surface area contributed by atoms with E-state index in [1.165, 1.54) is 5.56 Å². The van der Waals surface area contributed by atoms with Crippen LogP contribution in [0.25, 0.3) is 0 Å². The van der Waals surface area contributed by atoms with Crippen molar-refractivity contribution >= 4 is 0 Å². The number of hydrogen-bond donors (Lipinski definition) is 2. The van der Waals surface area contributed by atoms with Crippen molar-refractivity contribution in [3.8, 4) is 5.75 Å². The third-order valence-corrected chi connectivity index (χ3v) is 2.86. The van der Waals surface area contributed by atoms with Crippen LogP contribution in [0.4, 0.5) is 0 Å². The van der Waals surface area contributed by atoms with E-state index in [1.807, 2.05) is 42.1 Å². The van der Waals surface area contributed by atoms with E-state index in [1.54, 1.807) is 0 Å². The molecule has 2 aromatic rings. The number of nitrogens with one attached hydrogen (secondary N) is 1. The van der Waals surface area contributed by atoms with Gasteiger partial charge in [0.15, 0.2) is 0 Å². The van der Waals surface area contributed by atoms with Crippen molar-refractivity contribution in [1.29, 1.82) is 0 Å². The van der Waals surface area contributed by atoms with Crippen molar-refractivity contribution in [1.82, 2.24) is 9.88 Å². The molecule has 2 N–H and O–H groups in total. The van der Waals surface area contributed by atoms with Crippen LogP contribution in [0.2, 0.25) is 0 Å². The fourth-order valence-electron chi connectivity index (χ4n) is 1.95. The SMILES string of the molecule is Cn1ccc(CNCc2ccccc2OCCO)c1. The Hall–Kier alpha value is -1.78. The number of rotatable bonds is 7. The predicted molar refractivity (Wildman–Crippen MR) is 75.0 cm³/mol. The molecule has 0 aliphatic rings. The topological polar surface area (TPSA) is 46.4 Å². The molecule has 0 aliphatic carbocycles. The van der Waals surface area contributed by atoms with Crippen LogP contribution in [0.15, 0.2) is 42.7 Å². The first-order valence-electron chi connectivity index (χ1n) is 6.42. The van der Waals surface area contributed by atoms with Gasteiger partial charge in [-0.3, -0.25) is 0 Å². The highest BCUT2D eigenvalue weighted by Crippen LogP contribution is 2.17. The average Bonchev–Trinajstić information content (AvgIpc) is 2.83. The Balaban J connectivity index is 1.88. The molecule has 4 nitrogen and oxygen atoms in total. The number of aliphatic hydroxyl groups excluding tert-OH is 1. The van der Waals surface area contributed by atoms with E-state index in [2.05, 4.69) is 17.6 Å². The van der Waals surface area contributed by atoms with E-state index in [9.17, 15) is 0 Å². The van der Waals surface area contributed by atoms with Crippen molar-refractivity contribution in [2.75, 3.05) is 13.2 Å². The summed E-state index contributed by atoms with van der Waals surface area (Å²) in [5.41, 5.74) is 2.36. The molecular formula is C15H20N2O2. The standard InChI is InChI=1S/C15H20N2O2/c1-17-7-6-13(12-17)10-16-11-14-4-2-3-5-15(14)19-9-8-18/h2-7,12,16,18H,8-11H2,1H3. The fourth-order valence-corrected chi connectivity index (χ4v) is 1.95. The molecule has 0 saturated heterocycles. The van der Waals surface area contributed by atoms with Gasteiger partial charge in [0.1, 0.15) is 12.4 Å². The first-order valence-corrected chi connectivity index (χ1v) is 6.42. The zero-order valence-electron chi connectivity index (χ0n) is 11.2. The largest absolute Gasteiger partial charge is 0.491 e. The van der Waals surface area contributed by atoms with E-state index < -0.39 is 0 Å². The molecule has 2 rings (SSSR count). The lowest BCUT2D eigenvalue weighted by Gasteiger charge is -2.11. The Labute approximate surface area is 113 Å². The highest BCUT2D eigenvalue weighted by atomic mass is 16.5. The zero-order chi connectivity index (χ0) is 13.5. The van der Waals surface area contributed by atoms with Gasteiger partial charge in [-0.1, -0.05) is 18.2 Å². The normalized spacial score (nSPS) is 10.6. The Morgan fingerprint density at radius 3 is 2.79 bits per heavy atom. The third-order valence-electron chi connectivity index (χ3n) is 2.86. The van der Waals surface area contributed by atoms with Gasteiger partial charge in [-0.2, -0.15) is 0 Å². The van der Waals surface area contributed by atoms with Crippen molar-refractivity contribution in [3.05, 3.63) is 53.9 Å². The second-order valence-corrected chi connectivity index (χ2v) is 4.47. The van der Waals surface area contributed by atoms with Crippen LogP contribution in [0, 0.1) is 0 Å². The van der Waals surface area contributed by atoms with E-state index >= 15 is 0 Å². The fraction of sp³-hybridized carbons (Fsp3) is 0.333. The van der Waals surface area contributed by atoms with E-state index in [-0.39, 0.29) is 6.61 Å². The smallest absolute Gasteiger partial charge is 0.123 e. The van der Waals surface area contributed by atoms with Crippen molar-refractivity contribution in [2.24, 2.45) is 7.05 Å². The number of ether oxygens (including phenoxy) is 1. The maximum atomic E-state index is 8.80. The van der Waals surface area contributed by atoms with Gasteiger partial charge in [0, 0.05) is 38.1 Å². The molecule has 19 heavy (non-hydrogen) atoms. The van der Waals surface area contributed by atoms with Crippen LogP contribution >= 0.6 is 0 Å². The number of benzene rings is 1. The number of aliphatic hydroxyl groups is 1. The van der Waals surface area contributed by atoms with Gasteiger partial charge in [0.05, 0.1) is 6.61 Å². The molecule has 0 unspecified atom stereocenters. The molecule has 4 heteroatoms. The van der Waals surface area contributed by atoms with Crippen molar-refractivity contribution in [2.45, 2.75) is 13.1 Å². The number of para-hydroxylation sites is 1. The molecule has 0 atom stereocenters. The highest BCUT2D eigenvalue weighted by molar-refractivity contribution is 5.33. The predicted octanol–water partition coefficient (Wildman–Crippen LogP) is 1.69. The summed E-state index contributed by atoms with van der Waals surface area (Å²) in [6.07, 6.45) is 4.14. The second kappa shape index (κ2) is 6.97. The minimum Gasteiger partial charge on any atom is -0.491 e. The van der Waals surface area contributed by atoms with Crippen LogP contribution in [-0.4, -0.2) is 22.9 Å². The van der Waals surface area contributed by atoms with E-state index in [0.29, 0.717) is 6.61 Å². The summed E-state index contributed by atoms with van der Waals surface area (Å²) in [6.45, 7) is 1.94. The van der Waals surface area contributed by atoms with Gasteiger partial charge >= 0.3 is 0 Å². The molecular weight excluding hydrogens is 240 g/mol. The third kappa shape index (κ3) is 4.12. The van der Waals surface area contributed by atoms with Crippen LogP contribution in [0.1, 0.15) is 11.1 Å². The number of nitrogens with zero attached hydrogens (tertiary/aromatic N) is 1. The van der Waals surface area contributed by atoms with E-state index in [0.717, 1.165) is 24.4 Å². The van der Waals surface area contributed by atoms with Gasteiger partial charge < -0.3 is 19.7 Å². The molecule has 0 fully saturated rings. The van der Waals surface area contributed by atoms with Crippen LogP contribution in [0.5, 0.6) is 5.75 Å². The lowest BCUT2D eigenvalue weighted by atomic mass is 10.2. The Bertz CT molecular complexity index is 508. The summed E-state index contributed by atoms with van der Waals surface area (Å²) >= 11 is 0.